The number of rotatable bonds is 11. The Labute approximate surface area is 453 Å². The van der Waals surface area contributed by atoms with E-state index in [2.05, 4.69) is 184 Å². The molecule has 9 aromatic carbocycles. The molecule has 4 aromatic heterocycles. The summed E-state index contributed by atoms with van der Waals surface area (Å²) in [6, 6.07) is 82.2. The molecular weight excluding hydrogens is 973 g/mol. The van der Waals surface area contributed by atoms with Gasteiger partial charge in [-0.15, -0.1) is 0 Å². The fourth-order valence-corrected chi connectivity index (χ4v) is 15.9. The van der Waals surface area contributed by atoms with Crippen molar-refractivity contribution in [1.82, 2.24) is 49.4 Å². The van der Waals surface area contributed by atoms with E-state index in [0.29, 0.717) is 52.4 Å². The van der Waals surface area contributed by atoms with Crippen molar-refractivity contribution in [2.45, 2.75) is 27.7 Å². The first kappa shape index (κ1) is 47.7. The predicted octanol–water partition coefficient (Wildman–Crippen LogP) is 12.0. The second kappa shape index (κ2) is 19.9. The summed E-state index contributed by atoms with van der Waals surface area (Å²) in [5, 5.41) is 7.19. The smallest absolute Gasteiger partial charge is 0.179 e. The summed E-state index contributed by atoms with van der Waals surface area (Å²) in [7, 11) is -2.88. The van der Waals surface area contributed by atoms with E-state index in [-0.39, 0.29) is 0 Å². The van der Waals surface area contributed by atoms with Gasteiger partial charge in [-0.25, -0.2) is 44.9 Å². The zero-order chi connectivity index (χ0) is 52.7. The van der Waals surface area contributed by atoms with Crippen LogP contribution < -0.4 is 20.7 Å². The van der Waals surface area contributed by atoms with Gasteiger partial charge in [0.1, 0.15) is 23.3 Å². The van der Waals surface area contributed by atoms with E-state index in [0.717, 1.165) is 66.4 Å². The molecule has 0 bridgehead atoms. The summed E-state index contributed by atoms with van der Waals surface area (Å²) in [4.78, 5) is 44.1. The highest BCUT2D eigenvalue weighted by Crippen LogP contribution is 2.40. The zero-order valence-corrected chi connectivity index (χ0v) is 44.4. The van der Waals surface area contributed by atoms with Crippen molar-refractivity contribution in [2.24, 2.45) is 0 Å². The highest BCUT2D eigenvalue weighted by molar-refractivity contribution is 7.19. The minimum Gasteiger partial charge on any atom is -0.308 e. The van der Waals surface area contributed by atoms with Crippen molar-refractivity contribution in [3.8, 4) is 73.8 Å². The van der Waals surface area contributed by atoms with Crippen molar-refractivity contribution in [1.29, 1.82) is 0 Å². The van der Waals surface area contributed by atoms with Crippen LogP contribution in [0.1, 0.15) is 23.3 Å². The Morgan fingerprint density at radius 2 is 0.628 bits per heavy atom. The Bertz CT molecular complexity index is 4060. The number of hydrogen-bond donors (Lipinski definition) is 0. The topological polar surface area (TPSA) is 121 Å². The molecule has 0 saturated heterocycles. The number of aromatic nitrogens is 10. The molecule has 78 heavy (non-hydrogen) atoms. The van der Waals surface area contributed by atoms with Gasteiger partial charge in [-0.1, -0.05) is 182 Å². The Hall–Kier alpha value is -9.97. The number of hydrogen-bond acceptors (Lipinski definition) is 9. The van der Waals surface area contributed by atoms with Crippen LogP contribution in [-0.4, -0.2) is 57.5 Å². The summed E-state index contributed by atoms with van der Waals surface area (Å²) in [5.41, 5.74) is 9.27. The fraction of sp³-hybridized carbons (Fsp3) is 0.0597. The van der Waals surface area contributed by atoms with E-state index < -0.39 is 8.07 Å². The highest BCUT2D eigenvalue weighted by Gasteiger charge is 2.41. The predicted molar refractivity (Wildman–Crippen MR) is 316 cm³/mol. The van der Waals surface area contributed by atoms with Crippen LogP contribution in [0, 0.1) is 27.7 Å². The van der Waals surface area contributed by atoms with Crippen molar-refractivity contribution < 1.29 is 0 Å². The molecule has 0 spiro atoms. The number of fused-ring (bicyclic) bond motifs is 3. The highest BCUT2D eigenvalue weighted by atomic mass is 28.3. The molecular formula is C67H50N10Si. The summed E-state index contributed by atoms with van der Waals surface area (Å²) < 4.78 is 2.33. The lowest BCUT2D eigenvalue weighted by Crippen LogP contribution is -2.74. The summed E-state index contributed by atoms with van der Waals surface area (Å²) >= 11 is 0. The SMILES string of the molecule is Cc1nc(C)nc(-c2ccc3c(c2)c2cc(-c4nc(C)nc(C)n4)ccc2n3-c2ccc(-c3cccc([Si](c4ccccc4)(c4ccccc4)c4ccccc4)c3)cc2-c2nc(-c3ccccc3)nc(-c3ccccc3)n2)n1. The Kier molecular flexibility index (Phi) is 12.2. The van der Waals surface area contributed by atoms with E-state index in [1.807, 2.05) is 88.4 Å². The number of benzene rings is 9. The first-order valence-electron chi connectivity index (χ1n) is 26.0. The summed E-state index contributed by atoms with van der Waals surface area (Å²) in [5.74, 6) is 5.55. The van der Waals surface area contributed by atoms with Crippen LogP contribution in [0.2, 0.25) is 0 Å². The van der Waals surface area contributed by atoms with E-state index in [1.54, 1.807) is 0 Å². The lowest BCUT2D eigenvalue weighted by molar-refractivity contribution is 0.928. The van der Waals surface area contributed by atoms with Crippen LogP contribution in [0.25, 0.3) is 95.6 Å². The molecule has 372 valence electrons. The normalized spacial score (nSPS) is 11.6. The third-order valence-corrected chi connectivity index (χ3v) is 19.2. The van der Waals surface area contributed by atoms with Crippen molar-refractivity contribution >= 4 is 50.6 Å². The van der Waals surface area contributed by atoms with Crippen LogP contribution in [-0.2, 0) is 0 Å². The fourth-order valence-electron chi connectivity index (χ4n) is 11.1. The molecule has 0 aliphatic heterocycles. The van der Waals surface area contributed by atoms with Gasteiger partial charge in [0.15, 0.2) is 37.2 Å². The molecule has 13 rings (SSSR count). The van der Waals surface area contributed by atoms with Crippen LogP contribution in [0.5, 0.6) is 0 Å². The lowest BCUT2D eigenvalue weighted by Gasteiger charge is -2.34. The van der Waals surface area contributed by atoms with Gasteiger partial charge in [0.25, 0.3) is 0 Å². The Morgan fingerprint density at radius 1 is 0.269 bits per heavy atom. The third kappa shape index (κ3) is 8.71. The maximum atomic E-state index is 5.41. The molecule has 11 heteroatoms. The lowest BCUT2D eigenvalue weighted by atomic mass is 10.0. The summed E-state index contributed by atoms with van der Waals surface area (Å²) in [6.07, 6.45) is 0. The second-order valence-corrected chi connectivity index (χ2v) is 23.3. The molecule has 0 radical (unpaired) electrons. The molecule has 4 heterocycles. The van der Waals surface area contributed by atoms with E-state index in [9.17, 15) is 0 Å². The van der Waals surface area contributed by atoms with Gasteiger partial charge in [-0.2, -0.15) is 0 Å². The molecule has 0 saturated carbocycles. The van der Waals surface area contributed by atoms with Crippen molar-refractivity contribution in [3.63, 3.8) is 0 Å². The van der Waals surface area contributed by atoms with Gasteiger partial charge >= 0.3 is 0 Å². The average molecular weight is 1020 g/mol. The molecule has 10 nitrogen and oxygen atoms in total. The van der Waals surface area contributed by atoms with Crippen LogP contribution in [0.3, 0.4) is 0 Å². The van der Waals surface area contributed by atoms with Gasteiger partial charge in [-0.3, -0.25) is 0 Å². The van der Waals surface area contributed by atoms with Gasteiger partial charge in [0.05, 0.1) is 16.7 Å². The number of nitrogens with zero attached hydrogens (tertiary/aromatic N) is 10. The molecule has 13 aromatic rings. The molecule has 0 unspecified atom stereocenters. The zero-order valence-electron chi connectivity index (χ0n) is 43.4. The molecule has 0 amide bonds. The van der Waals surface area contributed by atoms with Gasteiger partial charge in [0, 0.05) is 38.6 Å². The van der Waals surface area contributed by atoms with Crippen LogP contribution in [0.4, 0.5) is 0 Å². The average Bonchev–Trinajstić information content (AvgIpc) is 3.90. The first-order valence-corrected chi connectivity index (χ1v) is 28.0. The standard InChI is InChI=1S/C67H50N10Si/c1-43-68-44(2)71-65(70-43)51-34-37-60-57(41-51)58-42-52(66-72-45(3)69-46(4)73-66)35-38-61(58)77(60)62-36-33-50(40-59(62)67-75-63(47-21-10-5-11-22-47)74-64(76-67)48-23-12-6-13-24-48)49-25-20-32-56(39-49)78(53-26-14-7-15-27-53,54-28-16-8-17-29-54)55-30-18-9-19-31-55/h5-42H,1-4H3. The second-order valence-electron chi connectivity index (χ2n) is 19.5. The first-order chi connectivity index (χ1) is 38.3. The van der Waals surface area contributed by atoms with Crippen molar-refractivity contribution in [2.75, 3.05) is 0 Å². The Morgan fingerprint density at radius 3 is 1.08 bits per heavy atom. The van der Waals surface area contributed by atoms with E-state index in [1.165, 1.54) is 20.7 Å². The molecule has 0 aliphatic rings. The Balaban J connectivity index is 1.09. The van der Waals surface area contributed by atoms with Crippen molar-refractivity contribution in [3.05, 3.63) is 254 Å². The van der Waals surface area contributed by atoms with E-state index >= 15 is 0 Å². The summed E-state index contributed by atoms with van der Waals surface area (Å²) in [6.45, 7) is 7.60. The molecule has 0 N–H and O–H groups in total. The molecule has 0 atom stereocenters. The van der Waals surface area contributed by atoms with Gasteiger partial charge in [0.2, 0.25) is 0 Å². The monoisotopic (exact) mass is 1020 g/mol. The third-order valence-electron chi connectivity index (χ3n) is 14.4. The number of aryl methyl sites for hydroxylation is 4. The van der Waals surface area contributed by atoms with Crippen LogP contribution in [0.15, 0.2) is 231 Å². The maximum absolute atomic E-state index is 5.41. The minimum absolute atomic E-state index is 0.535. The van der Waals surface area contributed by atoms with E-state index in [4.69, 9.17) is 34.9 Å². The van der Waals surface area contributed by atoms with Crippen LogP contribution >= 0.6 is 0 Å². The quantitative estimate of drug-likeness (QED) is 0.0921. The maximum Gasteiger partial charge on any atom is 0.179 e. The van der Waals surface area contributed by atoms with Gasteiger partial charge < -0.3 is 4.57 Å². The van der Waals surface area contributed by atoms with Gasteiger partial charge in [-0.05, 0) is 108 Å². The largest absolute Gasteiger partial charge is 0.308 e. The molecule has 0 aliphatic carbocycles. The minimum atomic E-state index is -2.88. The molecule has 0 fully saturated rings.